The fourth-order valence-electron chi connectivity index (χ4n) is 2.63. The smallest absolute Gasteiger partial charge is 0.322 e. The molecule has 0 aliphatic carbocycles. The lowest BCUT2D eigenvalue weighted by Crippen LogP contribution is -2.31. The van der Waals surface area contributed by atoms with Gasteiger partial charge in [0.1, 0.15) is 6.04 Å². The lowest BCUT2D eigenvalue weighted by Gasteiger charge is -2.11. The average molecular weight is 280 g/mol. The molecule has 1 atom stereocenters. The fraction of sp³-hybridized carbons (Fsp3) is 0.176. The minimum atomic E-state index is -0.473. The number of rotatable bonds is 3. The summed E-state index contributed by atoms with van der Waals surface area (Å²) in [6.07, 6.45) is 0.507. The van der Waals surface area contributed by atoms with Crippen LogP contribution in [0.1, 0.15) is 11.1 Å². The fourth-order valence-corrected chi connectivity index (χ4v) is 2.63. The predicted molar refractivity (Wildman–Crippen MR) is 80.8 cm³/mol. The van der Waals surface area contributed by atoms with Crippen LogP contribution in [0.5, 0.6) is 0 Å². The first-order valence-electron chi connectivity index (χ1n) is 6.90. The molecule has 4 heteroatoms. The van der Waals surface area contributed by atoms with E-state index in [2.05, 4.69) is 41.8 Å². The molecule has 2 N–H and O–H groups in total. The van der Waals surface area contributed by atoms with E-state index in [0.29, 0.717) is 6.42 Å². The Balaban J connectivity index is 1.82. The van der Waals surface area contributed by atoms with E-state index in [0.717, 1.165) is 11.1 Å². The van der Waals surface area contributed by atoms with Crippen molar-refractivity contribution in [3.8, 4) is 11.1 Å². The zero-order chi connectivity index (χ0) is 14.8. The molecule has 3 rings (SSSR count). The Kier molecular flexibility index (Phi) is 3.44. The highest BCUT2D eigenvalue weighted by Crippen LogP contribution is 2.24. The summed E-state index contributed by atoms with van der Waals surface area (Å²) >= 11 is 0. The Morgan fingerprint density at radius 2 is 1.81 bits per heavy atom. The molecule has 2 aromatic rings. The van der Waals surface area contributed by atoms with Crippen LogP contribution in [-0.4, -0.2) is 18.0 Å². The van der Waals surface area contributed by atoms with Gasteiger partial charge in [-0.05, 0) is 29.2 Å². The second-order valence-corrected chi connectivity index (χ2v) is 5.23. The maximum absolute atomic E-state index is 11.6. The van der Waals surface area contributed by atoms with Crippen LogP contribution < -0.4 is 10.6 Å². The molecule has 1 saturated heterocycles. The van der Waals surface area contributed by atoms with E-state index in [1.54, 1.807) is 0 Å². The van der Waals surface area contributed by atoms with Gasteiger partial charge in [-0.25, -0.2) is 4.79 Å². The standard InChI is InChI=1S/C17H16N2O2/c1-11-9-12(10-15-16(20)19-17(21)18-15)7-8-14(11)13-5-3-2-4-6-13/h2-9,15H,10H2,1H3,(H2,18,19,20,21). The Hall–Kier alpha value is -2.62. The predicted octanol–water partition coefficient (Wildman–Crippen LogP) is 2.41. The third kappa shape index (κ3) is 2.79. The Morgan fingerprint density at radius 3 is 2.43 bits per heavy atom. The average Bonchev–Trinajstić information content (AvgIpc) is 2.78. The Bertz CT molecular complexity index is 695. The van der Waals surface area contributed by atoms with Crippen molar-refractivity contribution < 1.29 is 9.59 Å². The number of benzene rings is 2. The number of imide groups is 1. The molecular weight excluding hydrogens is 264 g/mol. The molecule has 1 aliphatic rings. The van der Waals surface area contributed by atoms with Gasteiger partial charge in [0.25, 0.3) is 5.91 Å². The van der Waals surface area contributed by atoms with Gasteiger partial charge in [0.15, 0.2) is 0 Å². The van der Waals surface area contributed by atoms with E-state index in [1.807, 2.05) is 24.3 Å². The number of hydrogen-bond acceptors (Lipinski definition) is 2. The van der Waals surface area contributed by atoms with Gasteiger partial charge in [-0.1, -0.05) is 48.5 Å². The molecular formula is C17H16N2O2. The summed E-state index contributed by atoms with van der Waals surface area (Å²) in [5.74, 6) is -0.259. The summed E-state index contributed by atoms with van der Waals surface area (Å²) < 4.78 is 0. The number of amides is 3. The van der Waals surface area contributed by atoms with Crippen LogP contribution in [0.25, 0.3) is 11.1 Å². The number of carbonyl (C=O) groups excluding carboxylic acids is 2. The monoisotopic (exact) mass is 280 g/mol. The molecule has 1 heterocycles. The molecule has 0 saturated carbocycles. The summed E-state index contributed by atoms with van der Waals surface area (Å²) in [6.45, 7) is 2.05. The second-order valence-electron chi connectivity index (χ2n) is 5.23. The topological polar surface area (TPSA) is 58.2 Å². The molecule has 1 fully saturated rings. The highest BCUT2D eigenvalue weighted by Gasteiger charge is 2.29. The van der Waals surface area contributed by atoms with Crippen LogP contribution in [0.2, 0.25) is 0 Å². The van der Waals surface area contributed by atoms with E-state index in [4.69, 9.17) is 0 Å². The lowest BCUT2D eigenvalue weighted by atomic mass is 9.96. The molecule has 4 nitrogen and oxygen atoms in total. The minimum absolute atomic E-state index is 0.259. The summed E-state index contributed by atoms with van der Waals surface area (Å²) in [7, 11) is 0. The molecule has 106 valence electrons. The third-order valence-electron chi connectivity index (χ3n) is 3.67. The van der Waals surface area contributed by atoms with Crippen molar-refractivity contribution >= 4 is 11.9 Å². The number of aryl methyl sites for hydroxylation is 1. The molecule has 3 amide bonds. The number of nitrogens with one attached hydrogen (secondary N) is 2. The normalized spacial score (nSPS) is 17.5. The first kappa shape index (κ1) is 13.4. The molecule has 21 heavy (non-hydrogen) atoms. The van der Waals surface area contributed by atoms with Gasteiger partial charge in [-0.2, -0.15) is 0 Å². The van der Waals surface area contributed by atoms with Gasteiger partial charge in [-0.3, -0.25) is 10.1 Å². The van der Waals surface area contributed by atoms with Crippen LogP contribution >= 0.6 is 0 Å². The van der Waals surface area contributed by atoms with Crippen molar-refractivity contribution in [2.75, 3.05) is 0 Å². The molecule has 1 unspecified atom stereocenters. The zero-order valence-electron chi connectivity index (χ0n) is 11.7. The maximum Gasteiger partial charge on any atom is 0.322 e. The Labute approximate surface area is 123 Å². The minimum Gasteiger partial charge on any atom is -0.326 e. The second kappa shape index (κ2) is 5.40. The number of hydrogen-bond donors (Lipinski definition) is 2. The van der Waals surface area contributed by atoms with Gasteiger partial charge in [0, 0.05) is 6.42 Å². The highest BCUT2D eigenvalue weighted by atomic mass is 16.2. The van der Waals surface area contributed by atoms with Gasteiger partial charge < -0.3 is 5.32 Å². The summed E-state index contributed by atoms with van der Waals surface area (Å²) in [6, 6.07) is 15.4. The van der Waals surface area contributed by atoms with Crippen molar-refractivity contribution in [2.45, 2.75) is 19.4 Å². The van der Waals surface area contributed by atoms with E-state index < -0.39 is 12.1 Å². The van der Waals surface area contributed by atoms with Gasteiger partial charge >= 0.3 is 6.03 Å². The highest BCUT2D eigenvalue weighted by molar-refractivity contribution is 6.04. The van der Waals surface area contributed by atoms with E-state index in [-0.39, 0.29) is 5.91 Å². The van der Waals surface area contributed by atoms with E-state index in [1.165, 1.54) is 11.1 Å². The molecule has 0 bridgehead atoms. The summed E-state index contributed by atoms with van der Waals surface area (Å²) in [4.78, 5) is 22.7. The van der Waals surface area contributed by atoms with Crippen molar-refractivity contribution in [3.05, 3.63) is 59.7 Å². The Morgan fingerprint density at radius 1 is 1.05 bits per heavy atom. The van der Waals surface area contributed by atoms with Crippen molar-refractivity contribution in [1.29, 1.82) is 0 Å². The van der Waals surface area contributed by atoms with Crippen LogP contribution in [0.4, 0.5) is 4.79 Å². The maximum atomic E-state index is 11.6. The molecule has 0 spiro atoms. The van der Waals surface area contributed by atoms with E-state index in [9.17, 15) is 9.59 Å². The van der Waals surface area contributed by atoms with Crippen molar-refractivity contribution in [3.63, 3.8) is 0 Å². The zero-order valence-corrected chi connectivity index (χ0v) is 11.7. The van der Waals surface area contributed by atoms with E-state index >= 15 is 0 Å². The first-order chi connectivity index (χ1) is 10.1. The van der Waals surface area contributed by atoms with Crippen molar-refractivity contribution in [2.24, 2.45) is 0 Å². The van der Waals surface area contributed by atoms with Crippen molar-refractivity contribution in [1.82, 2.24) is 10.6 Å². The first-order valence-corrected chi connectivity index (χ1v) is 6.90. The molecule has 2 aromatic carbocycles. The van der Waals surface area contributed by atoms with Crippen LogP contribution in [0.3, 0.4) is 0 Å². The molecule has 1 aliphatic heterocycles. The summed E-state index contributed by atoms with van der Waals surface area (Å²) in [5, 5.41) is 4.87. The lowest BCUT2D eigenvalue weighted by molar-refractivity contribution is -0.120. The van der Waals surface area contributed by atoms with Gasteiger partial charge in [0.2, 0.25) is 0 Å². The van der Waals surface area contributed by atoms with Crippen LogP contribution in [-0.2, 0) is 11.2 Å². The molecule has 0 radical (unpaired) electrons. The number of urea groups is 1. The van der Waals surface area contributed by atoms with Gasteiger partial charge in [-0.15, -0.1) is 0 Å². The third-order valence-corrected chi connectivity index (χ3v) is 3.67. The number of carbonyl (C=O) groups is 2. The van der Waals surface area contributed by atoms with Crippen LogP contribution in [0.15, 0.2) is 48.5 Å². The summed E-state index contributed by atoms with van der Waals surface area (Å²) in [5.41, 5.74) is 4.55. The van der Waals surface area contributed by atoms with Crippen LogP contribution in [0, 0.1) is 6.92 Å². The largest absolute Gasteiger partial charge is 0.326 e. The quantitative estimate of drug-likeness (QED) is 0.848. The molecule has 0 aromatic heterocycles. The SMILES string of the molecule is Cc1cc(CC2NC(=O)NC2=O)ccc1-c1ccccc1. The van der Waals surface area contributed by atoms with Gasteiger partial charge in [0.05, 0.1) is 0 Å².